The molecular weight excluding hydrogens is 458 g/mol. The Hall–Kier alpha value is -4.26. The summed E-state index contributed by atoms with van der Waals surface area (Å²) in [4.78, 5) is 28.2. The van der Waals surface area contributed by atoms with Gasteiger partial charge in [0.1, 0.15) is 23.0 Å². The van der Waals surface area contributed by atoms with E-state index in [9.17, 15) is 14.7 Å². The molecule has 3 aromatic carbocycles. The second-order valence-corrected chi connectivity index (χ2v) is 8.28. The van der Waals surface area contributed by atoms with E-state index in [4.69, 9.17) is 14.2 Å². The van der Waals surface area contributed by atoms with Gasteiger partial charge in [-0.15, -0.1) is 0 Å². The largest absolute Gasteiger partial charge is 0.507 e. The zero-order valence-corrected chi connectivity index (χ0v) is 20.8. The van der Waals surface area contributed by atoms with Crippen molar-refractivity contribution in [1.82, 2.24) is 0 Å². The number of carbonyl (C=O) groups is 2. The van der Waals surface area contributed by atoms with Crippen LogP contribution in [0.15, 0.2) is 72.3 Å². The fraction of sp³-hybridized carbons (Fsp3) is 0.241. The number of Topliss-reactive ketones (excluding diaryl/α,β-unsaturated/α-hetero) is 1. The van der Waals surface area contributed by atoms with E-state index in [1.807, 2.05) is 32.9 Å². The first kappa shape index (κ1) is 24.9. The van der Waals surface area contributed by atoms with Crippen LogP contribution in [0.3, 0.4) is 0 Å². The van der Waals surface area contributed by atoms with Gasteiger partial charge in [-0.2, -0.15) is 0 Å². The Morgan fingerprint density at radius 1 is 0.889 bits per heavy atom. The van der Waals surface area contributed by atoms with Gasteiger partial charge in [-0.25, -0.2) is 0 Å². The van der Waals surface area contributed by atoms with Gasteiger partial charge in [0, 0.05) is 11.3 Å². The number of amides is 1. The van der Waals surface area contributed by atoms with Crippen LogP contribution in [0, 0.1) is 6.92 Å². The molecule has 0 aliphatic carbocycles. The molecule has 1 saturated heterocycles. The van der Waals surface area contributed by atoms with Crippen molar-refractivity contribution in [3.8, 4) is 17.2 Å². The van der Waals surface area contributed by atoms with E-state index in [2.05, 4.69) is 0 Å². The first-order chi connectivity index (χ1) is 17.4. The van der Waals surface area contributed by atoms with E-state index in [0.717, 1.165) is 0 Å². The van der Waals surface area contributed by atoms with Gasteiger partial charge < -0.3 is 19.3 Å². The summed E-state index contributed by atoms with van der Waals surface area (Å²) < 4.78 is 16.5. The topological polar surface area (TPSA) is 85.3 Å². The zero-order valence-electron chi connectivity index (χ0n) is 20.8. The molecule has 1 aliphatic heterocycles. The SMILES string of the molecule is CCOc1ccc(N2C(=O)C(=O)/C(=C(/O)c3ccc(OC)cc3C)C2c2cccc(OCC)c2)cc1. The van der Waals surface area contributed by atoms with Crippen molar-refractivity contribution in [2.24, 2.45) is 0 Å². The summed E-state index contributed by atoms with van der Waals surface area (Å²) in [6.45, 7) is 6.55. The van der Waals surface area contributed by atoms with Crippen LogP contribution in [0.5, 0.6) is 17.2 Å². The van der Waals surface area contributed by atoms with E-state index in [1.54, 1.807) is 61.7 Å². The molecule has 1 unspecified atom stereocenters. The van der Waals surface area contributed by atoms with E-state index >= 15 is 0 Å². The predicted octanol–water partition coefficient (Wildman–Crippen LogP) is 5.43. The smallest absolute Gasteiger partial charge is 0.300 e. The molecule has 4 rings (SSSR count). The Kier molecular flexibility index (Phi) is 7.29. The number of rotatable bonds is 8. The summed E-state index contributed by atoms with van der Waals surface area (Å²) in [6, 6.07) is 18.5. The molecule has 3 aromatic rings. The molecule has 1 fully saturated rings. The highest BCUT2D eigenvalue weighted by atomic mass is 16.5. The van der Waals surface area contributed by atoms with Gasteiger partial charge >= 0.3 is 0 Å². The fourth-order valence-corrected chi connectivity index (χ4v) is 4.40. The van der Waals surface area contributed by atoms with Gasteiger partial charge in [0.15, 0.2) is 0 Å². The molecule has 0 spiro atoms. The number of benzene rings is 3. The number of hydrogen-bond acceptors (Lipinski definition) is 6. The Morgan fingerprint density at radius 2 is 1.56 bits per heavy atom. The number of methoxy groups -OCH3 is 1. The minimum absolute atomic E-state index is 0.0100. The lowest BCUT2D eigenvalue weighted by molar-refractivity contribution is -0.132. The number of ether oxygens (including phenoxy) is 3. The normalized spacial score (nSPS) is 16.8. The Labute approximate surface area is 210 Å². The summed E-state index contributed by atoms with van der Waals surface area (Å²) in [5.41, 5.74) is 2.32. The standard InChI is InChI=1S/C29H29NO6/c1-5-35-21-12-10-20(11-13-21)30-26(19-8-7-9-23(17-19)36-6-2)25(28(32)29(30)33)27(31)24-15-14-22(34-4)16-18(24)3/h7-17,26,31H,5-6H2,1-4H3/b27-25+. The summed E-state index contributed by atoms with van der Waals surface area (Å²) >= 11 is 0. The molecule has 186 valence electrons. The summed E-state index contributed by atoms with van der Waals surface area (Å²) in [6.07, 6.45) is 0. The molecule has 1 heterocycles. The van der Waals surface area contributed by atoms with Gasteiger partial charge in [-0.3, -0.25) is 14.5 Å². The number of carbonyl (C=O) groups excluding carboxylic acids is 2. The molecule has 36 heavy (non-hydrogen) atoms. The molecular formula is C29H29NO6. The lowest BCUT2D eigenvalue weighted by Gasteiger charge is -2.26. The van der Waals surface area contributed by atoms with Crippen molar-refractivity contribution in [2.75, 3.05) is 25.2 Å². The van der Waals surface area contributed by atoms with E-state index in [-0.39, 0.29) is 11.3 Å². The summed E-state index contributed by atoms with van der Waals surface area (Å²) in [5, 5.41) is 11.4. The molecule has 0 saturated carbocycles. The first-order valence-corrected chi connectivity index (χ1v) is 11.8. The Bertz CT molecular complexity index is 1310. The number of anilines is 1. The minimum Gasteiger partial charge on any atom is -0.507 e. The third-order valence-corrected chi connectivity index (χ3v) is 6.04. The monoisotopic (exact) mass is 487 g/mol. The maximum Gasteiger partial charge on any atom is 0.300 e. The van der Waals surface area contributed by atoms with Crippen molar-refractivity contribution < 1.29 is 28.9 Å². The van der Waals surface area contributed by atoms with Crippen LogP contribution in [0.1, 0.15) is 36.6 Å². The molecule has 0 aromatic heterocycles. The summed E-state index contributed by atoms with van der Waals surface area (Å²) in [5.74, 6) is 0.158. The first-order valence-electron chi connectivity index (χ1n) is 11.8. The number of aliphatic hydroxyl groups excluding tert-OH is 1. The van der Waals surface area contributed by atoms with Crippen molar-refractivity contribution in [3.05, 3.63) is 89.0 Å². The number of aryl methyl sites for hydroxylation is 1. The highest BCUT2D eigenvalue weighted by molar-refractivity contribution is 6.51. The highest BCUT2D eigenvalue weighted by Crippen LogP contribution is 2.43. The number of nitrogens with zero attached hydrogens (tertiary/aromatic N) is 1. The van der Waals surface area contributed by atoms with Crippen LogP contribution in [-0.4, -0.2) is 37.1 Å². The number of aliphatic hydroxyl groups is 1. The molecule has 7 nitrogen and oxygen atoms in total. The van der Waals surface area contributed by atoms with Gasteiger partial charge in [0.2, 0.25) is 0 Å². The minimum atomic E-state index is -0.857. The molecule has 7 heteroatoms. The quantitative estimate of drug-likeness (QED) is 0.259. The lowest BCUT2D eigenvalue weighted by Crippen LogP contribution is -2.29. The highest BCUT2D eigenvalue weighted by Gasteiger charge is 2.47. The van der Waals surface area contributed by atoms with Crippen LogP contribution in [0.2, 0.25) is 0 Å². The lowest BCUT2D eigenvalue weighted by atomic mass is 9.93. The maximum atomic E-state index is 13.4. The van der Waals surface area contributed by atoms with Crippen LogP contribution < -0.4 is 19.1 Å². The Morgan fingerprint density at radius 3 is 2.19 bits per heavy atom. The second-order valence-electron chi connectivity index (χ2n) is 8.28. The fourth-order valence-electron chi connectivity index (χ4n) is 4.40. The average molecular weight is 488 g/mol. The Balaban J connectivity index is 1.91. The van der Waals surface area contributed by atoms with E-state index < -0.39 is 17.7 Å². The van der Waals surface area contributed by atoms with Crippen LogP contribution in [0.25, 0.3) is 5.76 Å². The molecule has 1 amide bonds. The molecule has 0 bridgehead atoms. The summed E-state index contributed by atoms with van der Waals surface area (Å²) in [7, 11) is 1.56. The van der Waals surface area contributed by atoms with Crippen LogP contribution >= 0.6 is 0 Å². The molecule has 1 atom stereocenters. The van der Waals surface area contributed by atoms with Crippen molar-refractivity contribution in [2.45, 2.75) is 26.8 Å². The van der Waals surface area contributed by atoms with Gasteiger partial charge in [0.25, 0.3) is 11.7 Å². The molecule has 1 N–H and O–H groups in total. The third-order valence-electron chi connectivity index (χ3n) is 6.04. The van der Waals surface area contributed by atoms with Gasteiger partial charge in [-0.05, 0) is 86.5 Å². The maximum absolute atomic E-state index is 13.4. The van der Waals surface area contributed by atoms with Crippen molar-refractivity contribution >= 4 is 23.1 Å². The van der Waals surface area contributed by atoms with Crippen molar-refractivity contribution in [3.63, 3.8) is 0 Å². The van der Waals surface area contributed by atoms with Crippen molar-refractivity contribution in [1.29, 1.82) is 0 Å². The molecule has 0 radical (unpaired) electrons. The van der Waals surface area contributed by atoms with Crippen LogP contribution in [0.4, 0.5) is 5.69 Å². The van der Waals surface area contributed by atoms with E-state index in [0.29, 0.717) is 52.8 Å². The number of hydrogen-bond donors (Lipinski definition) is 1. The van der Waals surface area contributed by atoms with E-state index in [1.165, 1.54) is 4.90 Å². The second kappa shape index (κ2) is 10.6. The van der Waals surface area contributed by atoms with Crippen LogP contribution in [-0.2, 0) is 9.59 Å². The predicted molar refractivity (Wildman–Crippen MR) is 138 cm³/mol. The van der Waals surface area contributed by atoms with Gasteiger partial charge in [-0.1, -0.05) is 12.1 Å². The zero-order chi connectivity index (χ0) is 25.8. The number of ketones is 1. The molecule has 1 aliphatic rings. The third kappa shape index (κ3) is 4.64. The average Bonchev–Trinajstić information content (AvgIpc) is 3.15. The van der Waals surface area contributed by atoms with Gasteiger partial charge in [0.05, 0.1) is 31.9 Å².